The molecule has 1 amide bonds. The lowest BCUT2D eigenvalue weighted by Crippen LogP contribution is -2.57. The Balaban J connectivity index is 1.19. The van der Waals surface area contributed by atoms with Crippen LogP contribution in [0.1, 0.15) is 31.2 Å². The van der Waals surface area contributed by atoms with Crippen LogP contribution in [0.4, 0.5) is 8.78 Å². The van der Waals surface area contributed by atoms with Crippen LogP contribution >= 0.6 is 9.24 Å². The van der Waals surface area contributed by atoms with Crippen LogP contribution in [0.5, 0.6) is 5.75 Å². The number of rotatable bonds is 7. The van der Waals surface area contributed by atoms with Gasteiger partial charge in [0.15, 0.2) is 5.41 Å². The van der Waals surface area contributed by atoms with Gasteiger partial charge in [-0.15, -0.1) is 0 Å². The Morgan fingerprint density at radius 2 is 2.03 bits per heavy atom. The molecule has 7 heteroatoms. The SMILES string of the molecule is CN1CCC(C2C[C@H]2CCOc2ccc(CC(=O)N3CC(F)(P)C3)c(F)c2)CC1. The summed E-state index contributed by atoms with van der Waals surface area (Å²) in [5.74, 6) is 2.29. The fourth-order valence-corrected chi connectivity index (χ4v) is 5.21. The molecule has 4 rings (SSSR count). The Kier molecular flexibility index (Phi) is 6.13. The number of piperidine rings is 1. The van der Waals surface area contributed by atoms with E-state index in [0.717, 1.165) is 24.2 Å². The summed E-state index contributed by atoms with van der Waals surface area (Å²) in [6.45, 7) is 3.13. The quantitative estimate of drug-likeness (QED) is 0.629. The first-order valence-corrected chi connectivity index (χ1v) is 11.2. The summed E-state index contributed by atoms with van der Waals surface area (Å²) in [5, 5.41) is -1.39. The number of hydrogen-bond acceptors (Lipinski definition) is 3. The number of nitrogens with zero attached hydrogens (tertiary/aromatic N) is 2. The summed E-state index contributed by atoms with van der Waals surface area (Å²) < 4.78 is 33.6. The van der Waals surface area contributed by atoms with E-state index in [2.05, 4.69) is 21.2 Å². The van der Waals surface area contributed by atoms with Crippen LogP contribution in [0, 0.1) is 23.6 Å². The molecule has 2 saturated heterocycles. The predicted octanol–water partition coefficient (Wildman–Crippen LogP) is 3.50. The van der Waals surface area contributed by atoms with Gasteiger partial charge in [0, 0.05) is 6.07 Å². The van der Waals surface area contributed by atoms with Crippen LogP contribution in [0.2, 0.25) is 0 Å². The lowest BCUT2D eigenvalue weighted by atomic mass is 9.91. The maximum atomic E-state index is 14.3. The van der Waals surface area contributed by atoms with E-state index in [0.29, 0.717) is 17.9 Å². The minimum atomic E-state index is -1.39. The maximum absolute atomic E-state index is 14.3. The first-order valence-electron chi connectivity index (χ1n) is 10.7. The lowest BCUT2D eigenvalue weighted by molar-refractivity contribution is -0.139. The molecule has 3 aliphatic rings. The van der Waals surface area contributed by atoms with E-state index in [9.17, 15) is 13.6 Å². The molecule has 1 aromatic rings. The molecule has 1 saturated carbocycles. The monoisotopic (exact) mass is 424 g/mol. The lowest BCUT2D eigenvalue weighted by Gasteiger charge is -2.42. The molecule has 29 heavy (non-hydrogen) atoms. The smallest absolute Gasteiger partial charge is 0.227 e. The van der Waals surface area contributed by atoms with E-state index in [1.54, 1.807) is 12.1 Å². The highest BCUT2D eigenvalue weighted by Gasteiger charge is 2.43. The first kappa shape index (κ1) is 21.0. The molecule has 0 radical (unpaired) electrons. The molecule has 0 bridgehead atoms. The molecule has 160 valence electrons. The molecule has 1 aliphatic carbocycles. The van der Waals surface area contributed by atoms with Crippen molar-refractivity contribution < 1.29 is 18.3 Å². The highest BCUT2D eigenvalue weighted by Crippen LogP contribution is 2.49. The Morgan fingerprint density at radius 3 is 2.69 bits per heavy atom. The number of alkyl halides is 1. The number of likely N-dealkylation sites (tertiary alicyclic amines) is 2. The Bertz CT molecular complexity index is 744. The minimum Gasteiger partial charge on any atom is -0.493 e. The third-order valence-electron chi connectivity index (χ3n) is 6.73. The fraction of sp³-hybridized carbons (Fsp3) is 0.682. The fourth-order valence-electron chi connectivity index (χ4n) is 4.77. The van der Waals surface area contributed by atoms with Crippen molar-refractivity contribution in [1.82, 2.24) is 9.80 Å². The van der Waals surface area contributed by atoms with Gasteiger partial charge in [0.05, 0.1) is 26.1 Å². The van der Waals surface area contributed by atoms with Crippen molar-refractivity contribution in [2.24, 2.45) is 17.8 Å². The number of carbonyl (C=O) groups is 1. The third-order valence-corrected chi connectivity index (χ3v) is 7.09. The van der Waals surface area contributed by atoms with Gasteiger partial charge in [-0.05, 0) is 75.2 Å². The largest absolute Gasteiger partial charge is 0.493 e. The molecule has 1 aromatic carbocycles. The standard InChI is InChI=1S/C22H31F2N2O2P/c1-25-7-4-15(5-8-25)19-10-16(19)6-9-28-18-3-2-17(20(23)12-18)11-21(27)26-13-22(24,29)14-26/h2-3,12,15-16,19H,4-11,13-14,29H2,1H3/t16-,19?/m1/s1. The molecule has 0 spiro atoms. The van der Waals surface area contributed by atoms with Crippen molar-refractivity contribution in [3.63, 3.8) is 0 Å². The summed E-state index contributed by atoms with van der Waals surface area (Å²) in [7, 11) is 4.30. The average molecular weight is 424 g/mol. The summed E-state index contributed by atoms with van der Waals surface area (Å²) >= 11 is 0. The number of hydrogen-bond donors (Lipinski definition) is 0. The summed E-state index contributed by atoms with van der Waals surface area (Å²) in [6, 6.07) is 4.68. The topological polar surface area (TPSA) is 32.8 Å². The predicted molar refractivity (Wildman–Crippen MR) is 112 cm³/mol. The van der Waals surface area contributed by atoms with Crippen LogP contribution in [-0.4, -0.2) is 61.0 Å². The van der Waals surface area contributed by atoms with Crippen molar-refractivity contribution in [2.45, 2.75) is 37.5 Å². The zero-order valence-electron chi connectivity index (χ0n) is 17.1. The van der Waals surface area contributed by atoms with Crippen molar-refractivity contribution >= 4 is 15.1 Å². The zero-order chi connectivity index (χ0) is 20.6. The van der Waals surface area contributed by atoms with E-state index in [4.69, 9.17) is 4.74 Å². The number of benzene rings is 1. The molecule has 0 aromatic heterocycles. The van der Waals surface area contributed by atoms with Gasteiger partial charge < -0.3 is 14.5 Å². The van der Waals surface area contributed by atoms with E-state index >= 15 is 0 Å². The van der Waals surface area contributed by atoms with E-state index in [1.165, 1.54) is 43.3 Å². The Hall–Kier alpha value is -1.26. The van der Waals surface area contributed by atoms with Gasteiger partial charge in [0.25, 0.3) is 0 Å². The van der Waals surface area contributed by atoms with Crippen LogP contribution < -0.4 is 4.74 Å². The normalized spacial score (nSPS) is 26.8. The van der Waals surface area contributed by atoms with Crippen molar-refractivity contribution in [2.75, 3.05) is 39.8 Å². The highest BCUT2D eigenvalue weighted by atomic mass is 31.0. The number of carbonyl (C=O) groups excluding carboxylic acids is 1. The Morgan fingerprint density at radius 1 is 1.31 bits per heavy atom. The second kappa shape index (κ2) is 8.47. The van der Waals surface area contributed by atoms with Gasteiger partial charge in [-0.1, -0.05) is 15.3 Å². The summed E-state index contributed by atoms with van der Waals surface area (Å²) in [6.07, 6.45) is 4.90. The number of halogens is 2. The Labute approximate surface area is 174 Å². The molecule has 0 N–H and O–H groups in total. The van der Waals surface area contributed by atoms with Crippen LogP contribution in [-0.2, 0) is 11.2 Å². The van der Waals surface area contributed by atoms with Crippen LogP contribution in [0.3, 0.4) is 0 Å². The average Bonchev–Trinajstić information content (AvgIpc) is 3.42. The second-order valence-corrected chi connectivity index (χ2v) is 10.2. The van der Waals surface area contributed by atoms with Gasteiger partial charge in [-0.25, -0.2) is 8.78 Å². The molecule has 3 fully saturated rings. The van der Waals surface area contributed by atoms with Crippen molar-refractivity contribution in [3.05, 3.63) is 29.6 Å². The first-order chi connectivity index (χ1) is 13.8. The van der Waals surface area contributed by atoms with E-state index in [1.807, 2.05) is 0 Å². The zero-order valence-corrected chi connectivity index (χ0v) is 18.2. The maximum Gasteiger partial charge on any atom is 0.227 e. The molecule has 3 atom stereocenters. The molecular weight excluding hydrogens is 393 g/mol. The molecule has 2 heterocycles. The molecule has 2 unspecified atom stereocenters. The third kappa shape index (κ3) is 5.27. The minimum absolute atomic E-state index is 0.0484. The van der Waals surface area contributed by atoms with Crippen LogP contribution in [0.25, 0.3) is 0 Å². The summed E-state index contributed by atoms with van der Waals surface area (Å²) in [4.78, 5) is 15.9. The second-order valence-electron chi connectivity index (χ2n) is 9.15. The van der Waals surface area contributed by atoms with Gasteiger partial charge in [0.2, 0.25) is 5.91 Å². The van der Waals surface area contributed by atoms with Gasteiger partial charge in [-0.2, -0.15) is 0 Å². The van der Waals surface area contributed by atoms with Crippen LogP contribution in [0.15, 0.2) is 18.2 Å². The van der Waals surface area contributed by atoms with Gasteiger partial charge in [-0.3, -0.25) is 4.79 Å². The van der Waals surface area contributed by atoms with Crippen molar-refractivity contribution in [1.29, 1.82) is 0 Å². The van der Waals surface area contributed by atoms with E-state index in [-0.39, 0.29) is 25.4 Å². The molecule has 2 aliphatic heterocycles. The molecule has 4 nitrogen and oxygen atoms in total. The summed E-state index contributed by atoms with van der Waals surface area (Å²) in [5.41, 5.74) is 0.326. The number of ether oxygens (including phenoxy) is 1. The highest BCUT2D eigenvalue weighted by molar-refractivity contribution is 7.18. The van der Waals surface area contributed by atoms with Crippen molar-refractivity contribution in [3.8, 4) is 5.75 Å². The van der Waals surface area contributed by atoms with E-state index < -0.39 is 11.2 Å². The molecular formula is C22H31F2N2O2P. The number of amides is 1. The van der Waals surface area contributed by atoms with Gasteiger partial charge in [0.1, 0.15) is 11.6 Å². The van der Waals surface area contributed by atoms with Gasteiger partial charge >= 0.3 is 0 Å².